The quantitative estimate of drug-likeness (QED) is 0.879. The van der Waals surface area contributed by atoms with E-state index in [9.17, 15) is 4.79 Å². The number of benzene rings is 2. The van der Waals surface area contributed by atoms with Gasteiger partial charge in [0.05, 0.1) is 6.42 Å². The van der Waals surface area contributed by atoms with Crippen molar-refractivity contribution in [3.63, 3.8) is 0 Å². The number of nitrogens with zero attached hydrogens (tertiary/aromatic N) is 1. The second-order valence-corrected chi connectivity index (χ2v) is 5.19. The Balaban J connectivity index is 2.22. The maximum atomic E-state index is 11.0. The molecule has 0 aliphatic heterocycles. The first kappa shape index (κ1) is 15.1. The van der Waals surface area contributed by atoms with E-state index >= 15 is 0 Å². The maximum absolute atomic E-state index is 11.0. The van der Waals surface area contributed by atoms with Crippen LogP contribution in [0.15, 0.2) is 48.5 Å². The molecule has 0 bridgehead atoms. The zero-order valence-electron chi connectivity index (χ0n) is 12.5. The molecule has 0 spiro atoms. The summed E-state index contributed by atoms with van der Waals surface area (Å²) in [6.07, 6.45) is 0.0711. The van der Waals surface area contributed by atoms with E-state index in [1.54, 1.807) is 0 Å². The molecule has 0 aliphatic carbocycles. The van der Waals surface area contributed by atoms with E-state index in [0.717, 1.165) is 29.9 Å². The van der Waals surface area contributed by atoms with E-state index in [1.165, 1.54) is 5.56 Å². The van der Waals surface area contributed by atoms with Crippen molar-refractivity contribution in [2.75, 3.05) is 11.4 Å². The van der Waals surface area contributed by atoms with Gasteiger partial charge in [0.1, 0.15) is 0 Å². The van der Waals surface area contributed by atoms with Crippen molar-refractivity contribution in [3.8, 4) is 0 Å². The van der Waals surface area contributed by atoms with Crippen LogP contribution in [-0.2, 0) is 17.8 Å². The molecule has 21 heavy (non-hydrogen) atoms. The zero-order valence-corrected chi connectivity index (χ0v) is 12.5. The molecule has 0 saturated carbocycles. The molecule has 0 unspecified atom stereocenters. The number of aliphatic carboxylic acids is 1. The third-order valence-corrected chi connectivity index (χ3v) is 3.60. The summed E-state index contributed by atoms with van der Waals surface area (Å²) in [6.45, 7) is 5.79. The number of carboxylic acid groups (broad SMARTS) is 1. The number of hydrogen-bond donors (Lipinski definition) is 1. The average molecular weight is 283 g/mol. The van der Waals surface area contributed by atoms with E-state index < -0.39 is 5.97 Å². The van der Waals surface area contributed by atoms with Crippen LogP contribution in [0.1, 0.15) is 23.6 Å². The van der Waals surface area contributed by atoms with Crippen LogP contribution in [0.3, 0.4) is 0 Å². The van der Waals surface area contributed by atoms with Gasteiger partial charge in [0, 0.05) is 18.8 Å². The fourth-order valence-electron chi connectivity index (χ4n) is 2.39. The molecular weight excluding hydrogens is 262 g/mol. The lowest BCUT2D eigenvalue weighted by Crippen LogP contribution is -2.23. The fourth-order valence-corrected chi connectivity index (χ4v) is 2.39. The first-order valence-electron chi connectivity index (χ1n) is 7.20. The Morgan fingerprint density at radius 3 is 2.24 bits per heavy atom. The summed E-state index contributed by atoms with van der Waals surface area (Å²) in [5.41, 5.74) is 4.35. The smallest absolute Gasteiger partial charge is 0.307 e. The number of rotatable bonds is 6. The molecule has 0 saturated heterocycles. The van der Waals surface area contributed by atoms with E-state index in [-0.39, 0.29) is 6.42 Å². The minimum Gasteiger partial charge on any atom is -0.481 e. The number of hydrogen-bond acceptors (Lipinski definition) is 2. The third kappa shape index (κ3) is 4.09. The summed E-state index contributed by atoms with van der Waals surface area (Å²) in [5, 5.41) is 9.02. The van der Waals surface area contributed by atoms with Crippen LogP contribution < -0.4 is 4.90 Å². The molecule has 1 N–H and O–H groups in total. The number of anilines is 1. The highest BCUT2D eigenvalue weighted by Crippen LogP contribution is 2.20. The van der Waals surface area contributed by atoms with E-state index in [1.807, 2.05) is 24.3 Å². The Hall–Kier alpha value is -2.29. The van der Waals surface area contributed by atoms with Gasteiger partial charge in [-0.1, -0.05) is 42.0 Å². The first-order chi connectivity index (χ1) is 10.1. The van der Waals surface area contributed by atoms with Crippen molar-refractivity contribution in [3.05, 3.63) is 65.2 Å². The average Bonchev–Trinajstić information content (AvgIpc) is 2.47. The summed E-state index contributed by atoms with van der Waals surface area (Å²) in [4.78, 5) is 13.2. The maximum Gasteiger partial charge on any atom is 0.307 e. The summed E-state index contributed by atoms with van der Waals surface area (Å²) < 4.78 is 0. The highest BCUT2D eigenvalue weighted by Gasteiger charge is 2.10. The van der Waals surface area contributed by atoms with Gasteiger partial charge in [0.15, 0.2) is 0 Å². The van der Waals surface area contributed by atoms with Crippen LogP contribution in [0.2, 0.25) is 0 Å². The Morgan fingerprint density at radius 1 is 1.05 bits per heavy atom. The second kappa shape index (κ2) is 6.93. The highest BCUT2D eigenvalue weighted by molar-refractivity contribution is 5.70. The molecule has 0 fully saturated rings. The molecule has 2 rings (SSSR count). The Labute approximate surface area is 125 Å². The molecule has 0 atom stereocenters. The van der Waals surface area contributed by atoms with Crippen molar-refractivity contribution < 1.29 is 9.90 Å². The van der Waals surface area contributed by atoms with Crippen LogP contribution in [0.25, 0.3) is 0 Å². The van der Waals surface area contributed by atoms with Gasteiger partial charge in [-0.25, -0.2) is 0 Å². The van der Waals surface area contributed by atoms with Crippen molar-refractivity contribution in [1.82, 2.24) is 0 Å². The summed E-state index contributed by atoms with van der Waals surface area (Å²) in [6, 6.07) is 16.2. The highest BCUT2D eigenvalue weighted by atomic mass is 16.4. The van der Waals surface area contributed by atoms with Crippen LogP contribution in [0.5, 0.6) is 0 Å². The van der Waals surface area contributed by atoms with Crippen LogP contribution in [-0.4, -0.2) is 17.6 Å². The van der Waals surface area contributed by atoms with Gasteiger partial charge >= 0.3 is 5.97 Å². The molecule has 2 aromatic rings. The third-order valence-electron chi connectivity index (χ3n) is 3.60. The summed E-state index contributed by atoms with van der Waals surface area (Å²) >= 11 is 0. The fraction of sp³-hybridized carbons (Fsp3) is 0.278. The van der Waals surface area contributed by atoms with Gasteiger partial charge in [-0.15, -0.1) is 0 Å². The SMILES string of the molecule is CCN(Cc1ccccc1CC(=O)O)c1ccc(C)cc1. The molecule has 3 nitrogen and oxygen atoms in total. The van der Waals surface area contributed by atoms with E-state index in [0.29, 0.717) is 0 Å². The van der Waals surface area contributed by atoms with Gasteiger partial charge < -0.3 is 10.0 Å². The molecule has 0 aromatic heterocycles. The molecule has 2 aromatic carbocycles. The second-order valence-electron chi connectivity index (χ2n) is 5.19. The van der Waals surface area contributed by atoms with Crippen LogP contribution in [0.4, 0.5) is 5.69 Å². The molecule has 0 heterocycles. The van der Waals surface area contributed by atoms with Crippen molar-refractivity contribution in [2.45, 2.75) is 26.8 Å². The van der Waals surface area contributed by atoms with Gasteiger partial charge in [-0.3, -0.25) is 4.79 Å². The van der Waals surface area contributed by atoms with Crippen molar-refractivity contribution in [1.29, 1.82) is 0 Å². The Morgan fingerprint density at radius 2 is 1.67 bits per heavy atom. The lowest BCUT2D eigenvalue weighted by Gasteiger charge is -2.24. The summed E-state index contributed by atoms with van der Waals surface area (Å²) in [5.74, 6) is -0.791. The van der Waals surface area contributed by atoms with E-state index in [4.69, 9.17) is 5.11 Å². The number of carboxylic acids is 1. The van der Waals surface area contributed by atoms with Crippen molar-refractivity contribution in [2.24, 2.45) is 0 Å². The number of carbonyl (C=O) groups is 1. The van der Waals surface area contributed by atoms with Gasteiger partial charge in [-0.2, -0.15) is 0 Å². The molecule has 0 radical (unpaired) electrons. The predicted molar refractivity (Wildman–Crippen MR) is 85.7 cm³/mol. The van der Waals surface area contributed by atoms with Gasteiger partial charge in [0.2, 0.25) is 0 Å². The topological polar surface area (TPSA) is 40.5 Å². The lowest BCUT2D eigenvalue weighted by molar-refractivity contribution is -0.136. The minimum atomic E-state index is -0.791. The molecule has 0 aliphatic rings. The standard InChI is InChI=1S/C18H21NO2/c1-3-19(17-10-8-14(2)9-11-17)13-16-7-5-4-6-15(16)12-18(20)21/h4-11H,3,12-13H2,1-2H3,(H,20,21). The van der Waals surface area contributed by atoms with Gasteiger partial charge in [0.25, 0.3) is 0 Å². The number of aryl methyl sites for hydroxylation is 1. The Kier molecular flexibility index (Phi) is 4.99. The van der Waals surface area contributed by atoms with Gasteiger partial charge in [-0.05, 0) is 37.1 Å². The minimum absolute atomic E-state index is 0.0711. The molecule has 0 amide bonds. The molecular formula is C18H21NO2. The predicted octanol–water partition coefficient (Wildman–Crippen LogP) is 3.65. The van der Waals surface area contributed by atoms with Crippen molar-refractivity contribution >= 4 is 11.7 Å². The normalized spacial score (nSPS) is 10.4. The molecule has 3 heteroatoms. The monoisotopic (exact) mass is 283 g/mol. The van der Waals surface area contributed by atoms with E-state index in [2.05, 4.69) is 43.0 Å². The van der Waals surface area contributed by atoms with Crippen LogP contribution >= 0.6 is 0 Å². The largest absolute Gasteiger partial charge is 0.481 e. The Bertz CT molecular complexity index is 605. The first-order valence-corrected chi connectivity index (χ1v) is 7.20. The lowest BCUT2D eigenvalue weighted by atomic mass is 10.0. The van der Waals surface area contributed by atoms with Crippen LogP contribution in [0, 0.1) is 6.92 Å². The summed E-state index contributed by atoms with van der Waals surface area (Å²) in [7, 11) is 0. The zero-order chi connectivity index (χ0) is 15.2. The molecule has 110 valence electrons.